The molecule has 0 aliphatic carbocycles. The third-order valence-electron chi connectivity index (χ3n) is 2.63. The molecule has 0 spiro atoms. The zero-order valence-electron chi connectivity index (χ0n) is 11.2. The second-order valence-electron chi connectivity index (χ2n) is 5.93. The maximum absolute atomic E-state index is 12.0. The van der Waals surface area contributed by atoms with E-state index in [2.05, 4.69) is 46.7 Å². The van der Waals surface area contributed by atoms with Crippen LogP contribution in [0.25, 0.3) is 0 Å². The zero-order valence-corrected chi connectivity index (χ0v) is 11.2. The van der Waals surface area contributed by atoms with Crippen molar-refractivity contribution in [3.05, 3.63) is 5.82 Å². The van der Waals surface area contributed by atoms with Crippen molar-refractivity contribution in [1.82, 2.24) is 25.9 Å². The van der Waals surface area contributed by atoms with E-state index < -0.39 is 5.41 Å². The minimum atomic E-state index is -0.759. The average molecular weight is 239 g/mol. The molecule has 1 rings (SSSR count). The Morgan fingerprint density at radius 2 is 1.94 bits per heavy atom. The lowest BCUT2D eigenvalue weighted by Crippen LogP contribution is -2.41. The van der Waals surface area contributed by atoms with Crippen LogP contribution in [0.5, 0.6) is 0 Å². The van der Waals surface area contributed by atoms with Crippen LogP contribution in [-0.4, -0.2) is 33.1 Å². The van der Waals surface area contributed by atoms with Gasteiger partial charge < -0.3 is 5.32 Å². The monoisotopic (exact) mass is 239 g/mol. The molecule has 0 aliphatic heterocycles. The van der Waals surface area contributed by atoms with Crippen molar-refractivity contribution in [1.29, 1.82) is 0 Å². The molecule has 1 aromatic heterocycles. The predicted molar refractivity (Wildman–Crippen MR) is 64.3 cm³/mol. The fourth-order valence-corrected chi connectivity index (χ4v) is 1.30. The Labute approximate surface area is 102 Å². The summed E-state index contributed by atoms with van der Waals surface area (Å²) in [5.74, 6) is 0.328. The van der Waals surface area contributed by atoms with E-state index in [9.17, 15) is 4.79 Å². The number of nitrogens with zero attached hydrogens (tertiary/aromatic N) is 3. The van der Waals surface area contributed by atoms with Crippen LogP contribution in [-0.2, 0) is 10.2 Å². The lowest BCUT2D eigenvalue weighted by molar-refractivity contribution is -0.125. The Balaban J connectivity index is 2.53. The first-order valence-corrected chi connectivity index (χ1v) is 5.76. The molecule has 0 saturated carbocycles. The highest BCUT2D eigenvalue weighted by Gasteiger charge is 2.33. The van der Waals surface area contributed by atoms with Crippen molar-refractivity contribution in [2.75, 3.05) is 6.54 Å². The number of H-pyrrole nitrogens is 1. The van der Waals surface area contributed by atoms with Gasteiger partial charge in [0.1, 0.15) is 5.41 Å². The highest BCUT2D eigenvalue weighted by Crippen LogP contribution is 2.20. The van der Waals surface area contributed by atoms with Crippen LogP contribution in [0.3, 0.4) is 0 Å². The SMILES string of the molecule is CC(C)(C)CCNC(=O)C(C)(C)c1nn[nH]n1. The summed E-state index contributed by atoms with van der Waals surface area (Å²) in [5, 5.41) is 16.5. The molecule has 0 saturated heterocycles. The largest absolute Gasteiger partial charge is 0.355 e. The highest BCUT2D eigenvalue weighted by molar-refractivity contribution is 5.86. The van der Waals surface area contributed by atoms with Crippen LogP contribution in [0.4, 0.5) is 0 Å². The number of aromatic nitrogens is 4. The van der Waals surface area contributed by atoms with Gasteiger partial charge in [-0.2, -0.15) is 5.21 Å². The Kier molecular flexibility index (Phi) is 3.85. The standard InChI is InChI=1S/C11H21N5O/c1-10(2,3)6-7-12-9(17)11(4,5)8-13-15-16-14-8/h6-7H2,1-5H3,(H,12,17)(H,13,14,15,16). The van der Waals surface area contributed by atoms with E-state index in [4.69, 9.17) is 0 Å². The fraction of sp³-hybridized carbons (Fsp3) is 0.818. The van der Waals surface area contributed by atoms with Gasteiger partial charge in [-0.3, -0.25) is 4.79 Å². The van der Waals surface area contributed by atoms with Crippen molar-refractivity contribution in [3.8, 4) is 0 Å². The maximum atomic E-state index is 12.0. The van der Waals surface area contributed by atoms with Gasteiger partial charge in [-0.05, 0) is 25.7 Å². The number of carbonyl (C=O) groups excluding carboxylic acids is 1. The van der Waals surface area contributed by atoms with E-state index in [1.807, 2.05) is 0 Å². The third-order valence-corrected chi connectivity index (χ3v) is 2.63. The molecule has 1 amide bonds. The Bertz CT molecular complexity index is 364. The lowest BCUT2D eigenvalue weighted by atomic mass is 9.90. The van der Waals surface area contributed by atoms with Crippen molar-refractivity contribution in [3.63, 3.8) is 0 Å². The second-order valence-corrected chi connectivity index (χ2v) is 5.93. The van der Waals surface area contributed by atoms with E-state index in [-0.39, 0.29) is 11.3 Å². The van der Waals surface area contributed by atoms with Crippen LogP contribution >= 0.6 is 0 Å². The smallest absolute Gasteiger partial charge is 0.233 e. The third kappa shape index (κ3) is 3.80. The quantitative estimate of drug-likeness (QED) is 0.822. The second kappa shape index (κ2) is 4.81. The molecule has 6 nitrogen and oxygen atoms in total. The molecule has 1 aromatic rings. The maximum Gasteiger partial charge on any atom is 0.233 e. The van der Waals surface area contributed by atoms with Gasteiger partial charge in [-0.15, -0.1) is 10.2 Å². The summed E-state index contributed by atoms with van der Waals surface area (Å²) in [6.45, 7) is 10.6. The van der Waals surface area contributed by atoms with Crippen LogP contribution in [0.15, 0.2) is 0 Å². The minimum Gasteiger partial charge on any atom is -0.355 e. The molecule has 6 heteroatoms. The van der Waals surface area contributed by atoms with Gasteiger partial charge >= 0.3 is 0 Å². The molecule has 0 fully saturated rings. The van der Waals surface area contributed by atoms with Crippen molar-refractivity contribution in [2.24, 2.45) is 5.41 Å². The number of hydrogen-bond donors (Lipinski definition) is 2. The molecule has 0 aliphatic rings. The highest BCUT2D eigenvalue weighted by atomic mass is 16.2. The number of nitrogens with one attached hydrogen (secondary N) is 2. The predicted octanol–water partition coefficient (Wildman–Crippen LogP) is 1.03. The number of tetrazole rings is 1. The van der Waals surface area contributed by atoms with E-state index in [1.165, 1.54) is 0 Å². The molecule has 2 N–H and O–H groups in total. The molecule has 0 radical (unpaired) electrons. The summed E-state index contributed by atoms with van der Waals surface area (Å²) in [6.07, 6.45) is 0.932. The Morgan fingerprint density at radius 3 is 2.41 bits per heavy atom. The number of carbonyl (C=O) groups is 1. The number of rotatable bonds is 4. The summed E-state index contributed by atoms with van der Waals surface area (Å²) in [4.78, 5) is 12.0. The molecule has 1 heterocycles. The first-order chi connectivity index (χ1) is 7.73. The van der Waals surface area contributed by atoms with Gasteiger partial charge in [-0.1, -0.05) is 26.0 Å². The average Bonchev–Trinajstić information content (AvgIpc) is 2.68. The molecular weight excluding hydrogens is 218 g/mol. The minimum absolute atomic E-state index is 0.0804. The lowest BCUT2D eigenvalue weighted by Gasteiger charge is -2.22. The van der Waals surface area contributed by atoms with Crippen molar-refractivity contribution >= 4 is 5.91 Å². The number of hydrogen-bond acceptors (Lipinski definition) is 4. The first kappa shape index (κ1) is 13.6. The summed E-state index contributed by atoms with van der Waals surface area (Å²) in [6, 6.07) is 0. The molecule has 0 bridgehead atoms. The topological polar surface area (TPSA) is 83.6 Å². The van der Waals surface area contributed by atoms with E-state index in [1.54, 1.807) is 13.8 Å². The zero-order chi connectivity index (χ0) is 13.1. The van der Waals surface area contributed by atoms with Gasteiger partial charge in [0.2, 0.25) is 5.91 Å². The summed E-state index contributed by atoms with van der Waals surface area (Å²) in [7, 11) is 0. The Hall–Kier alpha value is -1.46. The summed E-state index contributed by atoms with van der Waals surface area (Å²) < 4.78 is 0. The molecule has 96 valence electrons. The van der Waals surface area contributed by atoms with Gasteiger partial charge in [0.25, 0.3) is 0 Å². The van der Waals surface area contributed by atoms with Gasteiger partial charge in [0.15, 0.2) is 5.82 Å². The molecule has 0 aromatic carbocycles. The van der Waals surface area contributed by atoms with E-state index >= 15 is 0 Å². The van der Waals surface area contributed by atoms with Crippen molar-refractivity contribution in [2.45, 2.75) is 46.5 Å². The fourth-order valence-electron chi connectivity index (χ4n) is 1.30. The van der Waals surface area contributed by atoms with Crippen LogP contribution in [0.1, 0.15) is 46.9 Å². The van der Waals surface area contributed by atoms with E-state index in [0.29, 0.717) is 12.4 Å². The van der Waals surface area contributed by atoms with Gasteiger partial charge in [-0.25, -0.2) is 0 Å². The van der Waals surface area contributed by atoms with Crippen LogP contribution in [0, 0.1) is 5.41 Å². The normalized spacial score (nSPS) is 12.5. The molecule has 17 heavy (non-hydrogen) atoms. The molecular formula is C11H21N5O. The number of aromatic amines is 1. The summed E-state index contributed by atoms with van der Waals surface area (Å²) in [5.41, 5.74) is -0.547. The van der Waals surface area contributed by atoms with Gasteiger partial charge in [0, 0.05) is 6.54 Å². The first-order valence-electron chi connectivity index (χ1n) is 5.76. The Morgan fingerprint density at radius 1 is 1.29 bits per heavy atom. The number of amides is 1. The van der Waals surface area contributed by atoms with Crippen LogP contribution in [0.2, 0.25) is 0 Å². The van der Waals surface area contributed by atoms with Crippen molar-refractivity contribution < 1.29 is 4.79 Å². The summed E-state index contributed by atoms with van der Waals surface area (Å²) >= 11 is 0. The molecule has 0 atom stereocenters. The van der Waals surface area contributed by atoms with Gasteiger partial charge in [0.05, 0.1) is 0 Å². The van der Waals surface area contributed by atoms with E-state index in [0.717, 1.165) is 6.42 Å². The van der Waals surface area contributed by atoms with Crippen LogP contribution < -0.4 is 5.32 Å². The molecule has 0 unspecified atom stereocenters.